The predicted octanol–water partition coefficient (Wildman–Crippen LogP) is 2.95. The number of nitrogens with one attached hydrogen (secondary N) is 2. The minimum Gasteiger partial charge on any atom is -0.397 e. The lowest BCUT2D eigenvalue weighted by molar-refractivity contribution is 0.0937. The smallest absolute Gasteiger partial charge is 0.251 e. The van der Waals surface area contributed by atoms with Crippen LogP contribution in [0.2, 0.25) is 0 Å². The Bertz CT molecular complexity index is 671. The molecule has 0 aromatic heterocycles. The number of anilines is 3. The van der Waals surface area contributed by atoms with E-state index in [1.54, 1.807) is 19.2 Å². The normalized spacial score (nSPS) is 10.3. The summed E-state index contributed by atoms with van der Waals surface area (Å²) in [6.45, 7) is 3.06. The molecule has 0 atom stereocenters. The number of benzene rings is 2. The maximum atomic E-state index is 12.0. The van der Waals surface area contributed by atoms with Crippen molar-refractivity contribution in [2.24, 2.45) is 0 Å². The van der Waals surface area contributed by atoms with Crippen molar-refractivity contribution in [1.82, 2.24) is 5.32 Å². The number of carbonyl (C=O) groups is 1. The number of rotatable bonds is 7. The molecule has 0 saturated heterocycles. The summed E-state index contributed by atoms with van der Waals surface area (Å²) in [7, 11) is 1.60. The maximum Gasteiger partial charge on any atom is 0.251 e. The van der Waals surface area contributed by atoms with Crippen molar-refractivity contribution in [2.45, 2.75) is 13.3 Å². The van der Waals surface area contributed by atoms with E-state index in [2.05, 4.69) is 23.6 Å². The van der Waals surface area contributed by atoms with E-state index in [4.69, 9.17) is 10.5 Å². The number of para-hydroxylation sites is 1. The molecule has 1 amide bonds. The van der Waals surface area contributed by atoms with E-state index in [-0.39, 0.29) is 5.91 Å². The Kier molecular flexibility index (Phi) is 6.00. The summed E-state index contributed by atoms with van der Waals surface area (Å²) in [4.78, 5) is 12.0. The minimum atomic E-state index is -0.158. The number of amides is 1. The van der Waals surface area contributed by atoms with E-state index in [1.165, 1.54) is 5.56 Å². The van der Waals surface area contributed by atoms with Crippen LogP contribution in [0.25, 0.3) is 0 Å². The Labute approximate surface area is 136 Å². The number of nitrogens with two attached hydrogens (primary N) is 1. The highest BCUT2D eigenvalue weighted by atomic mass is 16.5. The number of nitrogen functional groups attached to an aromatic ring is 1. The van der Waals surface area contributed by atoms with Crippen LogP contribution >= 0.6 is 0 Å². The molecule has 0 bridgehead atoms. The lowest BCUT2D eigenvalue weighted by atomic mass is 10.1. The number of ether oxygens (including phenoxy) is 1. The molecule has 0 aliphatic rings. The van der Waals surface area contributed by atoms with Crippen molar-refractivity contribution in [2.75, 3.05) is 31.3 Å². The molecule has 0 aliphatic heterocycles. The average Bonchev–Trinajstić information content (AvgIpc) is 2.57. The largest absolute Gasteiger partial charge is 0.397 e. The third kappa shape index (κ3) is 4.47. The Hall–Kier alpha value is -2.53. The van der Waals surface area contributed by atoms with Gasteiger partial charge in [-0.25, -0.2) is 0 Å². The zero-order chi connectivity index (χ0) is 16.7. The van der Waals surface area contributed by atoms with Gasteiger partial charge in [0.15, 0.2) is 0 Å². The number of hydrogen-bond acceptors (Lipinski definition) is 4. The molecule has 5 heteroatoms. The van der Waals surface area contributed by atoms with E-state index in [0.717, 1.165) is 17.8 Å². The highest BCUT2D eigenvalue weighted by Crippen LogP contribution is 2.26. The van der Waals surface area contributed by atoms with Crippen molar-refractivity contribution in [3.05, 3.63) is 53.6 Å². The number of methoxy groups -OCH3 is 1. The molecule has 23 heavy (non-hydrogen) atoms. The van der Waals surface area contributed by atoms with Crippen molar-refractivity contribution in [3.63, 3.8) is 0 Å². The average molecular weight is 313 g/mol. The molecule has 0 spiro atoms. The predicted molar refractivity (Wildman–Crippen MR) is 94.2 cm³/mol. The second kappa shape index (κ2) is 8.19. The standard InChI is InChI=1S/C18H23N3O2/c1-3-13-6-4-5-7-16(13)21-17-9-8-14(12-15(17)19)18(22)20-10-11-23-2/h4-9,12,21H,3,10-11,19H2,1-2H3,(H,20,22). The van der Waals surface area contributed by atoms with Gasteiger partial charge >= 0.3 is 0 Å². The number of carbonyl (C=O) groups excluding carboxylic acids is 1. The van der Waals surface area contributed by atoms with Crippen LogP contribution in [-0.2, 0) is 11.2 Å². The molecule has 0 aliphatic carbocycles. The number of aryl methyl sites for hydroxylation is 1. The van der Waals surface area contributed by atoms with Gasteiger partial charge in [0.05, 0.1) is 18.0 Å². The van der Waals surface area contributed by atoms with Crippen molar-refractivity contribution in [3.8, 4) is 0 Å². The second-order valence-electron chi connectivity index (χ2n) is 5.19. The first kappa shape index (κ1) is 16.8. The lowest BCUT2D eigenvalue weighted by Crippen LogP contribution is -2.27. The maximum absolute atomic E-state index is 12.0. The third-order valence-corrected chi connectivity index (χ3v) is 3.57. The topological polar surface area (TPSA) is 76.4 Å². The minimum absolute atomic E-state index is 0.158. The summed E-state index contributed by atoms with van der Waals surface area (Å²) in [5.41, 5.74) is 10.2. The van der Waals surface area contributed by atoms with Crippen LogP contribution in [0.15, 0.2) is 42.5 Å². The molecular formula is C18H23N3O2. The molecular weight excluding hydrogens is 290 g/mol. The summed E-state index contributed by atoms with van der Waals surface area (Å²) in [6.07, 6.45) is 0.934. The molecule has 0 saturated carbocycles. The highest BCUT2D eigenvalue weighted by Gasteiger charge is 2.09. The Morgan fingerprint density at radius 2 is 1.96 bits per heavy atom. The summed E-state index contributed by atoms with van der Waals surface area (Å²) >= 11 is 0. The van der Waals surface area contributed by atoms with E-state index in [9.17, 15) is 4.79 Å². The van der Waals surface area contributed by atoms with Gasteiger partial charge in [0.25, 0.3) is 5.91 Å². The Balaban J connectivity index is 2.11. The van der Waals surface area contributed by atoms with E-state index in [0.29, 0.717) is 24.4 Å². The third-order valence-electron chi connectivity index (χ3n) is 3.57. The van der Waals surface area contributed by atoms with E-state index in [1.807, 2.05) is 24.3 Å². The SMILES string of the molecule is CCc1ccccc1Nc1ccc(C(=O)NCCOC)cc1N. The van der Waals surface area contributed by atoms with Gasteiger partial charge in [0.1, 0.15) is 0 Å². The van der Waals surface area contributed by atoms with Crippen molar-refractivity contribution >= 4 is 23.0 Å². The molecule has 0 radical (unpaired) electrons. The first-order valence-corrected chi connectivity index (χ1v) is 7.67. The van der Waals surface area contributed by atoms with Gasteiger partial charge < -0.3 is 21.1 Å². The molecule has 4 N–H and O–H groups in total. The van der Waals surface area contributed by atoms with Gasteiger partial charge in [0, 0.05) is 24.9 Å². The van der Waals surface area contributed by atoms with Crippen LogP contribution in [0, 0.1) is 0 Å². The highest BCUT2D eigenvalue weighted by molar-refractivity contribution is 5.96. The molecule has 122 valence electrons. The van der Waals surface area contributed by atoms with Crippen LogP contribution in [-0.4, -0.2) is 26.2 Å². The van der Waals surface area contributed by atoms with Gasteiger partial charge in [0.2, 0.25) is 0 Å². The van der Waals surface area contributed by atoms with Crippen LogP contribution in [0.1, 0.15) is 22.8 Å². The molecule has 0 unspecified atom stereocenters. The first-order chi connectivity index (χ1) is 11.2. The monoisotopic (exact) mass is 313 g/mol. The van der Waals surface area contributed by atoms with Crippen LogP contribution < -0.4 is 16.4 Å². The molecule has 5 nitrogen and oxygen atoms in total. The molecule has 2 rings (SSSR count). The van der Waals surface area contributed by atoms with Gasteiger partial charge in [-0.05, 0) is 36.2 Å². The summed E-state index contributed by atoms with van der Waals surface area (Å²) in [5, 5.41) is 6.11. The second-order valence-corrected chi connectivity index (χ2v) is 5.19. The van der Waals surface area contributed by atoms with E-state index >= 15 is 0 Å². The fourth-order valence-corrected chi connectivity index (χ4v) is 2.28. The van der Waals surface area contributed by atoms with Crippen LogP contribution in [0.3, 0.4) is 0 Å². The Morgan fingerprint density at radius 3 is 2.65 bits per heavy atom. The summed E-state index contributed by atoms with van der Waals surface area (Å²) in [6, 6.07) is 13.4. The first-order valence-electron chi connectivity index (χ1n) is 7.67. The van der Waals surface area contributed by atoms with Gasteiger partial charge in [-0.2, -0.15) is 0 Å². The molecule has 2 aromatic rings. The molecule has 0 fully saturated rings. The zero-order valence-electron chi connectivity index (χ0n) is 13.6. The van der Waals surface area contributed by atoms with Gasteiger partial charge in [-0.1, -0.05) is 25.1 Å². The Morgan fingerprint density at radius 1 is 1.17 bits per heavy atom. The molecule has 0 heterocycles. The van der Waals surface area contributed by atoms with Crippen LogP contribution in [0.4, 0.5) is 17.1 Å². The number of hydrogen-bond donors (Lipinski definition) is 3. The van der Waals surface area contributed by atoms with Gasteiger partial charge in [-0.15, -0.1) is 0 Å². The zero-order valence-corrected chi connectivity index (χ0v) is 13.6. The van der Waals surface area contributed by atoms with E-state index < -0.39 is 0 Å². The van der Waals surface area contributed by atoms with Crippen molar-refractivity contribution in [1.29, 1.82) is 0 Å². The van der Waals surface area contributed by atoms with Gasteiger partial charge in [-0.3, -0.25) is 4.79 Å². The molecule has 2 aromatic carbocycles. The van der Waals surface area contributed by atoms with Crippen molar-refractivity contribution < 1.29 is 9.53 Å². The quantitative estimate of drug-likeness (QED) is 0.542. The fraction of sp³-hybridized carbons (Fsp3) is 0.278. The lowest BCUT2D eigenvalue weighted by Gasteiger charge is -2.14. The fourth-order valence-electron chi connectivity index (χ4n) is 2.28. The summed E-state index contributed by atoms with van der Waals surface area (Å²) < 4.78 is 4.91. The summed E-state index contributed by atoms with van der Waals surface area (Å²) in [5.74, 6) is -0.158. The van der Waals surface area contributed by atoms with Crippen LogP contribution in [0.5, 0.6) is 0 Å².